The van der Waals surface area contributed by atoms with Crippen LogP contribution in [0.3, 0.4) is 0 Å². The minimum atomic E-state index is -0.0574. The van der Waals surface area contributed by atoms with E-state index in [4.69, 9.17) is 11.5 Å². The molecule has 2 N–H and O–H groups in total. The average Bonchev–Trinajstić information content (AvgIpc) is 2.98. The summed E-state index contributed by atoms with van der Waals surface area (Å²) in [4.78, 5) is 1.25. The summed E-state index contributed by atoms with van der Waals surface area (Å²) in [6, 6.07) is 11.2. The molecule has 51 heavy (non-hydrogen) atoms. The van der Waals surface area contributed by atoms with Gasteiger partial charge in [0.05, 0.1) is 0 Å². The van der Waals surface area contributed by atoms with E-state index in [9.17, 15) is 10.2 Å². The Morgan fingerprint density at radius 2 is 0.882 bits per heavy atom. The molecule has 7 heteroatoms. The normalized spacial score (nSPS) is 13.0. The molecule has 2 rings (SSSR count). The summed E-state index contributed by atoms with van der Waals surface area (Å²) in [5.74, 6) is 1.29. The van der Waals surface area contributed by atoms with Crippen LogP contribution in [0.15, 0.2) is 46.2 Å². The summed E-state index contributed by atoms with van der Waals surface area (Å²) in [5.41, 5.74) is 16.8. The van der Waals surface area contributed by atoms with E-state index in [1.807, 2.05) is 24.3 Å². The smallest absolute Gasteiger partial charge is 0.872 e. The third-order valence-corrected chi connectivity index (χ3v) is 10.4. The van der Waals surface area contributed by atoms with Gasteiger partial charge in [-0.05, 0) is 57.8 Å². The van der Waals surface area contributed by atoms with Crippen LogP contribution in [-0.2, 0) is 43.8 Å². The van der Waals surface area contributed by atoms with Crippen LogP contribution in [0.2, 0.25) is 0 Å². The Kier molecular flexibility index (Phi) is 28.0. The van der Waals surface area contributed by atoms with Gasteiger partial charge in [0, 0.05) is 9.79 Å². The molecule has 0 heterocycles. The molecule has 4 nitrogen and oxygen atoms in total. The molecular formula is C44H76N2Ni2O2S. The Morgan fingerprint density at radius 1 is 0.569 bits per heavy atom. The molecule has 0 aliphatic carbocycles. The summed E-state index contributed by atoms with van der Waals surface area (Å²) in [6.07, 6.45) is 12.1. The topological polar surface area (TPSA) is 93.7 Å². The van der Waals surface area contributed by atoms with E-state index < -0.39 is 0 Å². The van der Waals surface area contributed by atoms with E-state index in [1.165, 1.54) is 63.1 Å². The molecule has 0 aliphatic rings. The molecule has 2 unspecified atom stereocenters. The molecule has 0 amide bonds. The van der Waals surface area contributed by atoms with Gasteiger partial charge in [0.15, 0.2) is 0 Å². The van der Waals surface area contributed by atoms with Gasteiger partial charge in [-0.15, -0.1) is 13.1 Å². The van der Waals surface area contributed by atoms with E-state index in [-0.39, 0.29) is 66.1 Å². The molecule has 2 atom stereocenters. The Balaban J connectivity index is -0.000000951. The number of hydrogen-bond donors (Lipinski definition) is 0. The molecule has 0 aromatic heterocycles. The van der Waals surface area contributed by atoms with Gasteiger partial charge in [0.1, 0.15) is 0 Å². The van der Waals surface area contributed by atoms with Crippen LogP contribution in [0.4, 0.5) is 0 Å². The van der Waals surface area contributed by atoms with Crippen molar-refractivity contribution in [1.29, 1.82) is 0 Å². The van der Waals surface area contributed by atoms with Crippen molar-refractivity contribution in [3.63, 3.8) is 0 Å². The Bertz CT molecular complexity index is 1090. The van der Waals surface area contributed by atoms with Gasteiger partial charge in [-0.2, -0.15) is 0 Å². The summed E-state index contributed by atoms with van der Waals surface area (Å²) < 4.78 is 0. The van der Waals surface area contributed by atoms with Gasteiger partial charge in [0.25, 0.3) is 0 Å². The number of hydrogen-bond acceptors (Lipinski definition) is 3. The van der Waals surface area contributed by atoms with Crippen molar-refractivity contribution in [2.75, 3.05) is 13.1 Å². The molecule has 0 radical (unpaired) electrons. The van der Waals surface area contributed by atoms with E-state index >= 15 is 0 Å². The Labute approximate surface area is 341 Å². The fourth-order valence-electron chi connectivity index (χ4n) is 6.88. The van der Waals surface area contributed by atoms with E-state index in [1.54, 1.807) is 12.1 Å². The maximum atomic E-state index is 12.6. The third-order valence-electron chi connectivity index (χ3n) is 9.28. The summed E-state index contributed by atoms with van der Waals surface area (Å²) in [7, 11) is 0. The quantitative estimate of drug-likeness (QED) is 0.158. The monoisotopic (exact) mass is 812 g/mol. The predicted molar refractivity (Wildman–Crippen MR) is 215 cm³/mol. The van der Waals surface area contributed by atoms with Crippen LogP contribution in [0.1, 0.15) is 172 Å². The Hall–Kier alpha value is -0.703. The molecular weight excluding hydrogens is 738 g/mol. The van der Waals surface area contributed by atoms with Crippen molar-refractivity contribution < 1.29 is 43.2 Å². The molecule has 0 saturated heterocycles. The molecule has 0 aliphatic heterocycles. The second-order valence-electron chi connectivity index (χ2n) is 17.9. The number of nitrogens with one attached hydrogen (secondary N) is 2. The van der Waals surface area contributed by atoms with Crippen molar-refractivity contribution in [3.05, 3.63) is 59.0 Å². The standard InChI is InChI=1S/C28H42O2S.2C8H18N.2Ni/c1-25(2,3)17-27(7,8)19-11-13-21(29)23(15-19)31-24-16-20(12-14-22(24)30)28(9,10)18-26(4,5)6;2*1-3-5-6-8(4-2)7-9;;/h11-16,29-30H,17-18H2,1-10H3;2*8-9H,3-7H2,1-2H3;;/q;2*-1;2*+2/p-2. The van der Waals surface area contributed by atoms with Crippen LogP contribution in [0, 0.1) is 22.7 Å². The SMILES string of the molecule is CC(C)(C)CC(C)(C)c1ccc([O-])c(Sc2cc(C(C)(C)CC(C)(C)C)ccc2[O-])c1.CCCCC(CC)C[NH-].CCCCC(CC)C[NH-].[Ni+2].[Ni+2]. The first-order valence-corrected chi connectivity index (χ1v) is 20.0. The second-order valence-corrected chi connectivity index (χ2v) is 19.0. The van der Waals surface area contributed by atoms with Crippen molar-refractivity contribution in [3.8, 4) is 11.5 Å². The fourth-order valence-corrected chi connectivity index (χ4v) is 7.82. The largest absolute Gasteiger partial charge is 2.00 e. The van der Waals surface area contributed by atoms with E-state index in [0.717, 1.165) is 24.0 Å². The third kappa shape index (κ3) is 23.0. The molecule has 0 bridgehead atoms. The predicted octanol–water partition coefficient (Wildman–Crippen LogP) is 13.9. The van der Waals surface area contributed by atoms with Gasteiger partial charge >= 0.3 is 33.0 Å². The summed E-state index contributed by atoms with van der Waals surface area (Å²) >= 11 is 1.31. The second kappa shape index (κ2) is 26.2. The fraction of sp³-hybridized carbons (Fsp3) is 0.727. The number of rotatable bonds is 16. The summed E-state index contributed by atoms with van der Waals surface area (Å²) in [5, 5.41) is 25.3. The van der Waals surface area contributed by atoms with Crippen molar-refractivity contribution in [1.82, 2.24) is 0 Å². The van der Waals surface area contributed by atoms with Gasteiger partial charge in [0.2, 0.25) is 0 Å². The molecule has 0 fully saturated rings. The van der Waals surface area contributed by atoms with Gasteiger partial charge in [-0.25, -0.2) is 0 Å². The number of unbranched alkanes of at least 4 members (excludes halogenated alkanes) is 2. The molecule has 0 saturated carbocycles. The first-order chi connectivity index (χ1) is 22.6. The molecule has 2 aromatic rings. The van der Waals surface area contributed by atoms with E-state index in [2.05, 4.69) is 96.9 Å². The zero-order valence-electron chi connectivity index (χ0n) is 35.0. The maximum Gasteiger partial charge on any atom is 2.00 e. The van der Waals surface area contributed by atoms with Crippen LogP contribution in [0.5, 0.6) is 11.5 Å². The zero-order valence-corrected chi connectivity index (χ0v) is 37.8. The first kappa shape index (κ1) is 54.6. The Morgan fingerprint density at radius 3 is 1.12 bits per heavy atom. The van der Waals surface area contributed by atoms with Gasteiger partial charge < -0.3 is 21.7 Å². The van der Waals surface area contributed by atoms with E-state index in [0.29, 0.717) is 34.7 Å². The van der Waals surface area contributed by atoms with Crippen LogP contribution in [0.25, 0.3) is 11.5 Å². The molecule has 300 valence electrons. The van der Waals surface area contributed by atoms with Crippen molar-refractivity contribution in [2.24, 2.45) is 22.7 Å². The van der Waals surface area contributed by atoms with Crippen LogP contribution < -0.4 is 10.2 Å². The van der Waals surface area contributed by atoms with Crippen molar-refractivity contribution in [2.45, 2.75) is 182 Å². The zero-order chi connectivity index (χ0) is 38.1. The summed E-state index contributed by atoms with van der Waals surface area (Å²) in [6.45, 7) is 32.3. The number of benzene rings is 2. The molecule has 2 aromatic carbocycles. The van der Waals surface area contributed by atoms with Gasteiger partial charge in [-0.3, -0.25) is 0 Å². The maximum absolute atomic E-state index is 12.6. The van der Waals surface area contributed by atoms with Gasteiger partial charge in [-0.1, -0.05) is 208 Å². The average molecular weight is 815 g/mol. The van der Waals surface area contributed by atoms with Crippen LogP contribution >= 0.6 is 11.8 Å². The minimum Gasteiger partial charge on any atom is -0.872 e. The first-order valence-electron chi connectivity index (χ1n) is 19.2. The van der Waals surface area contributed by atoms with Crippen molar-refractivity contribution >= 4 is 11.8 Å². The molecule has 0 spiro atoms. The minimum absolute atomic E-state index is 0. The van der Waals surface area contributed by atoms with Crippen LogP contribution in [-0.4, -0.2) is 13.1 Å².